The van der Waals surface area contributed by atoms with Crippen molar-refractivity contribution in [1.82, 2.24) is 24.0 Å². The van der Waals surface area contributed by atoms with Crippen LogP contribution in [-0.4, -0.2) is 83.4 Å². The summed E-state index contributed by atoms with van der Waals surface area (Å²) >= 11 is 1.37. The van der Waals surface area contributed by atoms with E-state index in [9.17, 15) is 13.2 Å². The monoisotopic (exact) mass is 541 g/mol. The van der Waals surface area contributed by atoms with E-state index in [0.717, 1.165) is 31.5 Å². The molecule has 0 unspecified atom stereocenters. The molecule has 0 saturated carbocycles. The molecule has 2 aliphatic heterocycles. The molecule has 196 valence electrons. The maximum absolute atomic E-state index is 13.3. The molecule has 2 aliphatic rings. The first kappa shape index (κ1) is 25.9. The molecule has 0 N–H and O–H groups in total. The molecule has 3 heterocycles. The molecule has 9 nitrogen and oxygen atoms in total. The van der Waals surface area contributed by atoms with E-state index in [4.69, 9.17) is 4.74 Å². The van der Waals surface area contributed by atoms with E-state index in [0.29, 0.717) is 42.8 Å². The zero-order valence-corrected chi connectivity index (χ0v) is 22.5. The molecule has 2 fully saturated rings. The Kier molecular flexibility index (Phi) is 7.94. The first-order valence-corrected chi connectivity index (χ1v) is 15.0. The molecule has 0 spiro atoms. The van der Waals surface area contributed by atoms with Crippen LogP contribution in [0.5, 0.6) is 0 Å². The molecular formula is C26H31N5O4S2. The second kappa shape index (κ2) is 11.3. The molecule has 2 saturated heterocycles. The molecule has 11 heteroatoms. The largest absolute Gasteiger partial charge is 0.379 e. The van der Waals surface area contributed by atoms with Gasteiger partial charge in [-0.3, -0.25) is 9.36 Å². The number of likely N-dealkylation sites (tertiary alicyclic amines) is 1. The van der Waals surface area contributed by atoms with E-state index in [1.807, 2.05) is 45.9 Å². The molecule has 1 atom stereocenters. The predicted molar refractivity (Wildman–Crippen MR) is 142 cm³/mol. The molecule has 3 aromatic rings. The predicted octanol–water partition coefficient (Wildman–Crippen LogP) is 3.29. The maximum atomic E-state index is 13.3. The molecule has 0 bridgehead atoms. The van der Waals surface area contributed by atoms with Crippen molar-refractivity contribution in [3.8, 4) is 11.4 Å². The number of morpholine rings is 1. The first-order valence-electron chi connectivity index (χ1n) is 12.5. The van der Waals surface area contributed by atoms with Crippen molar-refractivity contribution >= 4 is 27.7 Å². The third-order valence-corrected chi connectivity index (χ3v) is 9.64. The van der Waals surface area contributed by atoms with Crippen LogP contribution in [0.2, 0.25) is 0 Å². The summed E-state index contributed by atoms with van der Waals surface area (Å²) in [5.41, 5.74) is 1.72. The highest BCUT2D eigenvalue weighted by Gasteiger charge is 2.28. The molecule has 0 aliphatic carbocycles. The van der Waals surface area contributed by atoms with Crippen LogP contribution in [0.3, 0.4) is 0 Å². The van der Waals surface area contributed by atoms with Gasteiger partial charge in [0.2, 0.25) is 15.9 Å². The van der Waals surface area contributed by atoms with E-state index in [1.165, 1.54) is 16.1 Å². The lowest BCUT2D eigenvalue weighted by molar-refractivity contribution is -0.127. The molecule has 37 heavy (non-hydrogen) atoms. The fraction of sp³-hybridized carbons (Fsp3) is 0.423. The number of thioether (sulfide) groups is 1. The highest BCUT2D eigenvalue weighted by Crippen LogP contribution is 2.32. The van der Waals surface area contributed by atoms with Gasteiger partial charge in [-0.2, -0.15) is 4.31 Å². The van der Waals surface area contributed by atoms with Crippen molar-refractivity contribution in [2.45, 2.75) is 35.9 Å². The lowest BCUT2D eigenvalue weighted by Gasteiger charge is -2.26. The number of benzene rings is 2. The summed E-state index contributed by atoms with van der Waals surface area (Å²) in [5, 5.41) is 9.56. The number of ether oxygens (including phenoxy) is 1. The van der Waals surface area contributed by atoms with Crippen LogP contribution >= 0.6 is 11.8 Å². The van der Waals surface area contributed by atoms with Crippen LogP contribution < -0.4 is 0 Å². The summed E-state index contributed by atoms with van der Waals surface area (Å²) in [6.07, 6.45) is 2.09. The van der Waals surface area contributed by atoms with E-state index in [1.54, 1.807) is 18.2 Å². The summed E-state index contributed by atoms with van der Waals surface area (Å²) < 4.78 is 35.4. The topological polar surface area (TPSA) is 97.6 Å². The van der Waals surface area contributed by atoms with Gasteiger partial charge in [0, 0.05) is 31.7 Å². The Morgan fingerprint density at radius 2 is 1.73 bits per heavy atom. The minimum Gasteiger partial charge on any atom is -0.379 e. The number of aromatic nitrogens is 3. The SMILES string of the molecule is C[C@H](c1ccccc1)n1c(SCC(=O)N2CCCC2)nnc1-c1cccc(S(=O)(=O)N2CCOCC2)c1. The van der Waals surface area contributed by atoms with Crippen molar-refractivity contribution in [3.05, 3.63) is 60.2 Å². The quantitative estimate of drug-likeness (QED) is 0.404. The number of nitrogens with zero attached hydrogens (tertiary/aromatic N) is 5. The van der Waals surface area contributed by atoms with Crippen molar-refractivity contribution < 1.29 is 17.9 Å². The maximum Gasteiger partial charge on any atom is 0.243 e. The van der Waals surface area contributed by atoms with Gasteiger partial charge in [-0.1, -0.05) is 54.2 Å². The fourth-order valence-electron chi connectivity index (χ4n) is 4.72. The van der Waals surface area contributed by atoms with Gasteiger partial charge < -0.3 is 9.64 Å². The Morgan fingerprint density at radius 1 is 1.00 bits per heavy atom. The second-order valence-corrected chi connectivity index (χ2v) is 12.1. The van der Waals surface area contributed by atoms with Crippen LogP contribution in [0.4, 0.5) is 0 Å². The Bertz CT molecular complexity index is 1330. The van der Waals surface area contributed by atoms with Crippen LogP contribution in [0, 0.1) is 0 Å². The Morgan fingerprint density at radius 3 is 2.46 bits per heavy atom. The summed E-state index contributed by atoms with van der Waals surface area (Å²) in [7, 11) is -3.66. The van der Waals surface area contributed by atoms with Gasteiger partial charge in [-0.25, -0.2) is 8.42 Å². The molecule has 0 radical (unpaired) electrons. The molecular weight excluding hydrogens is 510 g/mol. The number of rotatable bonds is 8. The Balaban J connectivity index is 1.49. The number of amides is 1. The Hall–Kier alpha value is -2.73. The smallest absolute Gasteiger partial charge is 0.243 e. The number of carbonyl (C=O) groups excluding carboxylic acids is 1. The van der Waals surface area contributed by atoms with Crippen LogP contribution in [0.1, 0.15) is 31.4 Å². The molecule has 2 aromatic carbocycles. The highest BCUT2D eigenvalue weighted by atomic mass is 32.2. The minimum atomic E-state index is -3.66. The summed E-state index contributed by atoms with van der Waals surface area (Å²) in [6, 6.07) is 16.7. The van der Waals surface area contributed by atoms with E-state index in [-0.39, 0.29) is 22.6 Å². The lowest BCUT2D eigenvalue weighted by atomic mass is 10.1. The Labute approximate surface area is 221 Å². The normalized spacial score (nSPS) is 17.7. The average molecular weight is 542 g/mol. The van der Waals surface area contributed by atoms with Gasteiger partial charge in [0.05, 0.1) is 29.9 Å². The number of hydrogen-bond acceptors (Lipinski definition) is 7. The van der Waals surface area contributed by atoms with E-state index in [2.05, 4.69) is 17.1 Å². The van der Waals surface area contributed by atoms with Crippen molar-refractivity contribution in [2.75, 3.05) is 45.1 Å². The van der Waals surface area contributed by atoms with Gasteiger partial charge >= 0.3 is 0 Å². The van der Waals surface area contributed by atoms with Crippen molar-refractivity contribution in [1.29, 1.82) is 0 Å². The van der Waals surface area contributed by atoms with Crippen LogP contribution in [0.25, 0.3) is 11.4 Å². The van der Waals surface area contributed by atoms with Crippen molar-refractivity contribution in [2.24, 2.45) is 0 Å². The molecule has 1 aromatic heterocycles. The van der Waals surface area contributed by atoms with Gasteiger partial charge in [0.25, 0.3) is 0 Å². The zero-order valence-electron chi connectivity index (χ0n) is 20.8. The first-order chi connectivity index (χ1) is 17.9. The number of hydrogen-bond donors (Lipinski definition) is 0. The van der Waals surface area contributed by atoms with Crippen molar-refractivity contribution in [3.63, 3.8) is 0 Å². The lowest BCUT2D eigenvalue weighted by Crippen LogP contribution is -2.40. The fourth-order valence-corrected chi connectivity index (χ4v) is 7.09. The molecule has 5 rings (SSSR count). The number of carbonyl (C=O) groups is 1. The van der Waals surface area contributed by atoms with Gasteiger partial charge in [-0.15, -0.1) is 10.2 Å². The van der Waals surface area contributed by atoms with Gasteiger partial charge in [0.15, 0.2) is 11.0 Å². The van der Waals surface area contributed by atoms with Crippen LogP contribution in [0.15, 0.2) is 64.6 Å². The highest BCUT2D eigenvalue weighted by molar-refractivity contribution is 7.99. The van der Waals surface area contributed by atoms with E-state index >= 15 is 0 Å². The van der Waals surface area contributed by atoms with Gasteiger partial charge in [0.1, 0.15) is 0 Å². The minimum absolute atomic E-state index is 0.101. The summed E-state index contributed by atoms with van der Waals surface area (Å²) in [6.45, 7) is 5.11. The third-order valence-electron chi connectivity index (χ3n) is 6.82. The standard InChI is InChI=1S/C26H31N5O4S2/c1-20(21-8-3-2-4-9-21)31-25(27-28-26(31)36-19-24(32)29-12-5-6-13-29)22-10-7-11-23(18-22)37(33,34)30-14-16-35-17-15-30/h2-4,7-11,18,20H,5-6,12-17,19H2,1H3/t20-/m1/s1. The third kappa shape index (κ3) is 5.59. The second-order valence-electron chi connectivity index (χ2n) is 9.18. The van der Waals surface area contributed by atoms with Crippen LogP contribution in [-0.2, 0) is 19.6 Å². The number of sulfonamides is 1. The zero-order chi connectivity index (χ0) is 25.8. The molecule has 1 amide bonds. The summed E-state index contributed by atoms with van der Waals surface area (Å²) in [4.78, 5) is 14.8. The van der Waals surface area contributed by atoms with Gasteiger partial charge in [-0.05, 0) is 37.5 Å². The summed E-state index contributed by atoms with van der Waals surface area (Å²) in [5.74, 6) is 0.946. The van der Waals surface area contributed by atoms with E-state index < -0.39 is 10.0 Å². The average Bonchev–Trinajstić information content (AvgIpc) is 3.63.